The first-order valence-corrected chi connectivity index (χ1v) is 5.97. The van der Waals surface area contributed by atoms with E-state index in [1.54, 1.807) is 6.33 Å². The maximum atomic E-state index is 9.54. The summed E-state index contributed by atoms with van der Waals surface area (Å²) in [5.41, 5.74) is 2.06. The largest absolute Gasteiger partial charge is 0.393 e. The van der Waals surface area contributed by atoms with Gasteiger partial charge in [0.05, 0.1) is 11.5 Å². The normalized spacial score (nSPS) is 17.9. The molecule has 2 aromatic rings. The predicted octanol–water partition coefficient (Wildman–Crippen LogP) is 1.23. The molecular weight excluding hydrogens is 216 g/mol. The molecule has 5 heteroatoms. The van der Waals surface area contributed by atoms with Crippen LogP contribution >= 0.6 is 0 Å². The lowest BCUT2D eigenvalue weighted by molar-refractivity contribution is 0.145. The summed E-state index contributed by atoms with van der Waals surface area (Å²) in [7, 11) is 0. The summed E-state index contributed by atoms with van der Waals surface area (Å²) in [6.45, 7) is 3.78. The van der Waals surface area contributed by atoms with Crippen LogP contribution in [0.3, 0.4) is 0 Å². The van der Waals surface area contributed by atoms with Crippen LogP contribution in [0.5, 0.6) is 0 Å². The Morgan fingerprint density at radius 3 is 2.88 bits per heavy atom. The van der Waals surface area contributed by atoms with Gasteiger partial charge in [-0.25, -0.2) is 9.97 Å². The van der Waals surface area contributed by atoms with E-state index in [9.17, 15) is 5.11 Å². The molecule has 0 atom stereocenters. The molecule has 2 aromatic heterocycles. The number of hydrogen-bond donors (Lipinski definition) is 2. The van der Waals surface area contributed by atoms with Gasteiger partial charge in [0.1, 0.15) is 17.8 Å². The lowest BCUT2D eigenvalue weighted by atomic mass is 10.1. The third-order valence-corrected chi connectivity index (χ3v) is 3.41. The number of hydrogen-bond acceptors (Lipinski definition) is 4. The van der Waals surface area contributed by atoms with Gasteiger partial charge in [-0.3, -0.25) is 0 Å². The van der Waals surface area contributed by atoms with E-state index < -0.39 is 0 Å². The topological polar surface area (TPSA) is 65.0 Å². The quantitative estimate of drug-likeness (QED) is 0.776. The number of piperidine rings is 1. The average Bonchev–Trinajstić information content (AvgIpc) is 2.73. The molecule has 0 radical (unpaired) electrons. The number of rotatable bonds is 1. The van der Waals surface area contributed by atoms with Crippen LogP contribution in [0.1, 0.15) is 18.4 Å². The molecule has 3 rings (SSSR count). The fourth-order valence-corrected chi connectivity index (χ4v) is 2.42. The average molecular weight is 232 g/mol. The van der Waals surface area contributed by atoms with Crippen LogP contribution in [0.25, 0.3) is 11.0 Å². The molecule has 1 saturated heterocycles. The van der Waals surface area contributed by atoms with Crippen LogP contribution in [-0.4, -0.2) is 39.3 Å². The second kappa shape index (κ2) is 4.00. The van der Waals surface area contributed by atoms with Crippen molar-refractivity contribution in [2.24, 2.45) is 0 Å². The van der Waals surface area contributed by atoms with Gasteiger partial charge in [-0.05, 0) is 25.3 Å². The first-order chi connectivity index (χ1) is 8.25. The number of aliphatic hydroxyl groups excluding tert-OH is 1. The number of aromatic amines is 1. The monoisotopic (exact) mass is 232 g/mol. The number of aliphatic hydroxyl groups is 1. The van der Waals surface area contributed by atoms with Gasteiger partial charge in [-0.2, -0.15) is 0 Å². The summed E-state index contributed by atoms with van der Waals surface area (Å²) in [5, 5.41) is 10.6. The van der Waals surface area contributed by atoms with Gasteiger partial charge >= 0.3 is 0 Å². The standard InChI is InChI=1S/C12H16N4O/c1-8-6-13-11-10(8)12(15-7-14-11)16-4-2-9(17)3-5-16/h6-7,9,17H,2-5H2,1H3,(H,13,14,15). The summed E-state index contributed by atoms with van der Waals surface area (Å²) in [5.74, 6) is 0.987. The van der Waals surface area contributed by atoms with Gasteiger partial charge in [-0.15, -0.1) is 0 Å². The molecule has 0 unspecified atom stereocenters. The molecule has 17 heavy (non-hydrogen) atoms. The Balaban J connectivity index is 2.02. The van der Waals surface area contributed by atoms with Crippen molar-refractivity contribution in [1.29, 1.82) is 0 Å². The number of aromatic nitrogens is 3. The van der Waals surface area contributed by atoms with E-state index in [0.29, 0.717) is 0 Å². The van der Waals surface area contributed by atoms with Crippen molar-refractivity contribution < 1.29 is 5.11 Å². The van der Waals surface area contributed by atoms with Crippen molar-refractivity contribution in [3.05, 3.63) is 18.1 Å². The van der Waals surface area contributed by atoms with Crippen molar-refractivity contribution in [1.82, 2.24) is 15.0 Å². The minimum atomic E-state index is -0.157. The highest BCUT2D eigenvalue weighted by Crippen LogP contribution is 2.27. The van der Waals surface area contributed by atoms with Gasteiger partial charge in [0.25, 0.3) is 0 Å². The summed E-state index contributed by atoms with van der Waals surface area (Å²) >= 11 is 0. The van der Waals surface area contributed by atoms with Gasteiger partial charge in [0.2, 0.25) is 0 Å². The number of fused-ring (bicyclic) bond motifs is 1. The van der Waals surface area contributed by atoms with Crippen LogP contribution < -0.4 is 4.90 Å². The lowest BCUT2D eigenvalue weighted by Crippen LogP contribution is -2.36. The lowest BCUT2D eigenvalue weighted by Gasteiger charge is -2.30. The number of anilines is 1. The zero-order valence-corrected chi connectivity index (χ0v) is 9.85. The van der Waals surface area contributed by atoms with E-state index in [4.69, 9.17) is 0 Å². The third-order valence-electron chi connectivity index (χ3n) is 3.41. The Labute approximate surface area is 99.5 Å². The molecule has 0 aliphatic carbocycles. The van der Waals surface area contributed by atoms with E-state index >= 15 is 0 Å². The maximum Gasteiger partial charge on any atom is 0.143 e. The highest BCUT2D eigenvalue weighted by molar-refractivity contribution is 5.90. The molecule has 0 bridgehead atoms. The number of nitrogens with zero attached hydrogens (tertiary/aromatic N) is 3. The Hall–Kier alpha value is -1.62. The SMILES string of the molecule is Cc1c[nH]c2ncnc(N3CCC(O)CC3)c12. The molecule has 1 aliphatic rings. The van der Waals surface area contributed by atoms with E-state index in [-0.39, 0.29) is 6.10 Å². The van der Waals surface area contributed by atoms with Crippen LogP contribution in [0.2, 0.25) is 0 Å². The fraction of sp³-hybridized carbons (Fsp3) is 0.500. The van der Waals surface area contributed by atoms with Gasteiger partial charge in [0, 0.05) is 19.3 Å². The molecule has 5 nitrogen and oxygen atoms in total. The summed E-state index contributed by atoms with van der Waals surface area (Å²) in [4.78, 5) is 14.0. The van der Waals surface area contributed by atoms with Gasteiger partial charge in [0.15, 0.2) is 0 Å². The van der Waals surface area contributed by atoms with Crippen molar-refractivity contribution >= 4 is 16.9 Å². The number of aryl methyl sites for hydroxylation is 1. The highest BCUT2D eigenvalue weighted by atomic mass is 16.3. The molecule has 3 heterocycles. The minimum Gasteiger partial charge on any atom is -0.393 e. The summed E-state index contributed by atoms with van der Waals surface area (Å²) in [6, 6.07) is 0. The molecule has 0 amide bonds. The number of H-pyrrole nitrogens is 1. The van der Waals surface area contributed by atoms with Crippen molar-refractivity contribution in [2.75, 3.05) is 18.0 Å². The van der Waals surface area contributed by atoms with Crippen LogP contribution in [0.4, 0.5) is 5.82 Å². The van der Waals surface area contributed by atoms with Crippen LogP contribution in [0.15, 0.2) is 12.5 Å². The van der Waals surface area contributed by atoms with Crippen molar-refractivity contribution in [3.8, 4) is 0 Å². The Kier molecular flexibility index (Phi) is 2.48. The predicted molar refractivity (Wildman–Crippen MR) is 66.1 cm³/mol. The summed E-state index contributed by atoms with van der Waals surface area (Å²) < 4.78 is 0. The molecule has 0 spiro atoms. The van der Waals surface area contributed by atoms with Gasteiger partial charge in [-0.1, -0.05) is 0 Å². The van der Waals surface area contributed by atoms with Crippen LogP contribution in [0, 0.1) is 6.92 Å². The second-order valence-corrected chi connectivity index (χ2v) is 4.61. The Bertz CT molecular complexity index is 528. The van der Waals surface area contributed by atoms with E-state index in [2.05, 4.69) is 26.8 Å². The molecule has 1 aliphatic heterocycles. The van der Waals surface area contributed by atoms with E-state index in [0.717, 1.165) is 42.8 Å². The molecule has 2 N–H and O–H groups in total. The highest BCUT2D eigenvalue weighted by Gasteiger charge is 2.20. The third kappa shape index (κ3) is 1.76. The zero-order chi connectivity index (χ0) is 11.8. The smallest absolute Gasteiger partial charge is 0.143 e. The molecule has 90 valence electrons. The van der Waals surface area contributed by atoms with E-state index in [1.807, 2.05) is 6.20 Å². The minimum absolute atomic E-state index is 0.157. The first-order valence-electron chi connectivity index (χ1n) is 5.97. The van der Waals surface area contributed by atoms with E-state index in [1.165, 1.54) is 5.56 Å². The Morgan fingerprint density at radius 2 is 2.12 bits per heavy atom. The molecule has 0 saturated carbocycles. The fourth-order valence-electron chi connectivity index (χ4n) is 2.42. The summed E-state index contributed by atoms with van der Waals surface area (Å²) in [6.07, 6.45) is 5.03. The number of nitrogens with one attached hydrogen (secondary N) is 1. The van der Waals surface area contributed by atoms with Crippen molar-refractivity contribution in [2.45, 2.75) is 25.9 Å². The Morgan fingerprint density at radius 1 is 1.35 bits per heavy atom. The van der Waals surface area contributed by atoms with Gasteiger partial charge < -0.3 is 15.0 Å². The molecule has 1 fully saturated rings. The molecule has 0 aromatic carbocycles. The van der Waals surface area contributed by atoms with Crippen LogP contribution in [-0.2, 0) is 0 Å². The first kappa shape index (κ1) is 10.5. The maximum absolute atomic E-state index is 9.54. The zero-order valence-electron chi connectivity index (χ0n) is 9.85. The second-order valence-electron chi connectivity index (χ2n) is 4.61. The van der Waals surface area contributed by atoms with Crippen molar-refractivity contribution in [3.63, 3.8) is 0 Å². The molecular formula is C12H16N4O.